The third kappa shape index (κ3) is 3.10. The van der Waals surface area contributed by atoms with Crippen LogP contribution in [0, 0.1) is 6.92 Å². The Morgan fingerprint density at radius 3 is 2.71 bits per heavy atom. The van der Waals surface area contributed by atoms with E-state index in [1.165, 1.54) is 24.0 Å². The molecule has 0 aromatic heterocycles. The van der Waals surface area contributed by atoms with Gasteiger partial charge in [-0.2, -0.15) is 0 Å². The van der Waals surface area contributed by atoms with Gasteiger partial charge in [0.2, 0.25) is 0 Å². The van der Waals surface area contributed by atoms with Crippen LogP contribution in [0.5, 0.6) is 0 Å². The van der Waals surface area contributed by atoms with Gasteiger partial charge in [-0.05, 0) is 30.5 Å². The molecule has 14 heavy (non-hydrogen) atoms. The topological polar surface area (TPSA) is 26.0 Å². The number of hydrogen-bond acceptors (Lipinski definition) is 1. The summed E-state index contributed by atoms with van der Waals surface area (Å²) in [6.45, 7) is 4.28. The summed E-state index contributed by atoms with van der Waals surface area (Å²) in [5, 5.41) is 0. The Kier molecular flexibility index (Phi) is 4.63. The standard InChI is InChI=1S/C12H18BrN/c1-3-4-5-12(14)10-7-6-9(2)11(13)8-10/h6-8,12H,3-5,14H2,1-2H3/t12-/m0/s1. The van der Waals surface area contributed by atoms with Crippen molar-refractivity contribution in [1.82, 2.24) is 0 Å². The van der Waals surface area contributed by atoms with Crippen molar-refractivity contribution >= 4 is 15.9 Å². The van der Waals surface area contributed by atoms with Gasteiger partial charge in [-0.3, -0.25) is 0 Å². The number of aryl methyl sites for hydroxylation is 1. The van der Waals surface area contributed by atoms with Crippen LogP contribution in [0.4, 0.5) is 0 Å². The molecule has 0 unspecified atom stereocenters. The van der Waals surface area contributed by atoms with E-state index in [0.29, 0.717) is 0 Å². The summed E-state index contributed by atoms with van der Waals surface area (Å²) in [5.74, 6) is 0. The zero-order valence-corrected chi connectivity index (χ0v) is 10.5. The highest BCUT2D eigenvalue weighted by Crippen LogP contribution is 2.23. The molecule has 78 valence electrons. The second-order valence-corrected chi connectivity index (χ2v) is 4.61. The average molecular weight is 256 g/mol. The van der Waals surface area contributed by atoms with Gasteiger partial charge in [-0.15, -0.1) is 0 Å². The molecule has 0 saturated heterocycles. The van der Waals surface area contributed by atoms with Crippen molar-refractivity contribution in [2.24, 2.45) is 5.73 Å². The first-order valence-corrected chi connectivity index (χ1v) is 5.96. The maximum Gasteiger partial charge on any atom is 0.0295 e. The van der Waals surface area contributed by atoms with Gasteiger partial charge in [0.1, 0.15) is 0 Å². The first-order chi connectivity index (χ1) is 6.65. The first-order valence-electron chi connectivity index (χ1n) is 5.16. The second kappa shape index (κ2) is 5.52. The Hall–Kier alpha value is -0.340. The molecule has 1 aromatic rings. The van der Waals surface area contributed by atoms with Gasteiger partial charge in [-0.1, -0.05) is 47.8 Å². The lowest BCUT2D eigenvalue weighted by molar-refractivity contribution is 0.603. The highest BCUT2D eigenvalue weighted by atomic mass is 79.9. The largest absolute Gasteiger partial charge is 0.324 e. The fraction of sp³-hybridized carbons (Fsp3) is 0.500. The van der Waals surface area contributed by atoms with Crippen LogP contribution in [0.15, 0.2) is 22.7 Å². The third-order valence-corrected chi connectivity index (χ3v) is 3.35. The number of halogens is 1. The summed E-state index contributed by atoms with van der Waals surface area (Å²) in [7, 11) is 0. The number of benzene rings is 1. The second-order valence-electron chi connectivity index (χ2n) is 3.76. The Morgan fingerprint density at radius 1 is 1.43 bits per heavy atom. The highest BCUT2D eigenvalue weighted by Gasteiger charge is 2.06. The molecule has 0 aliphatic carbocycles. The minimum absolute atomic E-state index is 0.187. The first kappa shape index (κ1) is 11.7. The Balaban J connectivity index is 2.70. The van der Waals surface area contributed by atoms with Crippen LogP contribution in [0.25, 0.3) is 0 Å². The molecule has 0 heterocycles. The molecular weight excluding hydrogens is 238 g/mol. The fourth-order valence-electron chi connectivity index (χ4n) is 1.43. The van der Waals surface area contributed by atoms with Crippen molar-refractivity contribution in [3.8, 4) is 0 Å². The number of nitrogens with two attached hydrogens (primary N) is 1. The lowest BCUT2D eigenvalue weighted by Crippen LogP contribution is -2.09. The van der Waals surface area contributed by atoms with E-state index in [0.717, 1.165) is 10.9 Å². The Labute approximate surface area is 94.8 Å². The van der Waals surface area contributed by atoms with Gasteiger partial charge >= 0.3 is 0 Å². The van der Waals surface area contributed by atoms with Crippen LogP contribution in [-0.4, -0.2) is 0 Å². The molecule has 2 N–H and O–H groups in total. The third-order valence-electron chi connectivity index (χ3n) is 2.49. The van der Waals surface area contributed by atoms with E-state index < -0.39 is 0 Å². The summed E-state index contributed by atoms with van der Waals surface area (Å²) < 4.78 is 1.15. The van der Waals surface area contributed by atoms with E-state index in [4.69, 9.17) is 5.73 Å². The summed E-state index contributed by atoms with van der Waals surface area (Å²) in [5.41, 5.74) is 8.57. The molecule has 0 bridgehead atoms. The maximum atomic E-state index is 6.08. The summed E-state index contributed by atoms with van der Waals surface area (Å²) in [4.78, 5) is 0. The summed E-state index contributed by atoms with van der Waals surface area (Å²) in [6.07, 6.45) is 3.49. The molecule has 0 aliphatic rings. The lowest BCUT2D eigenvalue weighted by Gasteiger charge is -2.12. The smallest absolute Gasteiger partial charge is 0.0295 e. The minimum atomic E-state index is 0.187. The average Bonchev–Trinajstić information content (AvgIpc) is 2.18. The van der Waals surface area contributed by atoms with Gasteiger partial charge in [0.05, 0.1) is 0 Å². The van der Waals surface area contributed by atoms with Crippen molar-refractivity contribution in [3.63, 3.8) is 0 Å². The van der Waals surface area contributed by atoms with Gasteiger partial charge in [-0.25, -0.2) is 0 Å². The molecule has 0 fully saturated rings. The molecule has 0 radical (unpaired) electrons. The van der Waals surface area contributed by atoms with Crippen molar-refractivity contribution in [2.75, 3.05) is 0 Å². The number of hydrogen-bond donors (Lipinski definition) is 1. The molecule has 0 aliphatic heterocycles. The summed E-state index contributed by atoms with van der Waals surface area (Å²) >= 11 is 3.53. The molecule has 0 amide bonds. The van der Waals surface area contributed by atoms with E-state index in [1.807, 2.05) is 0 Å². The van der Waals surface area contributed by atoms with Crippen LogP contribution in [-0.2, 0) is 0 Å². The summed E-state index contributed by atoms with van der Waals surface area (Å²) in [6, 6.07) is 6.56. The Bertz CT molecular complexity index is 296. The minimum Gasteiger partial charge on any atom is -0.324 e. The zero-order valence-electron chi connectivity index (χ0n) is 8.89. The SMILES string of the molecule is CCCC[C@H](N)c1ccc(C)c(Br)c1. The number of rotatable bonds is 4. The van der Waals surface area contributed by atoms with Crippen LogP contribution in [0.1, 0.15) is 43.4 Å². The molecule has 1 nitrogen and oxygen atoms in total. The predicted molar refractivity (Wildman–Crippen MR) is 65.3 cm³/mol. The monoisotopic (exact) mass is 255 g/mol. The van der Waals surface area contributed by atoms with Crippen molar-refractivity contribution in [2.45, 2.75) is 39.2 Å². The predicted octanol–water partition coefficient (Wildman–Crippen LogP) is 3.95. The Morgan fingerprint density at radius 2 is 2.14 bits per heavy atom. The van der Waals surface area contributed by atoms with Gasteiger partial charge in [0, 0.05) is 10.5 Å². The van der Waals surface area contributed by atoms with Crippen LogP contribution >= 0.6 is 15.9 Å². The quantitative estimate of drug-likeness (QED) is 0.867. The van der Waals surface area contributed by atoms with E-state index in [2.05, 4.69) is 48.0 Å². The van der Waals surface area contributed by atoms with Crippen molar-refractivity contribution in [3.05, 3.63) is 33.8 Å². The fourth-order valence-corrected chi connectivity index (χ4v) is 1.83. The van der Waals surface area contributed by atoms with E-state index in [1.54, 1.807) is 0 Å². The highest BCUT2D eigenvalue weighted by molar-refractivity contribution is 9.10. The van der Waals surface area contributed by atoms with Crippen LogP contribution in [0.3, 0.4) is 0 Å². The lowest BCUT2D eigenvalue weighted by atomic mass is 10.0. The van der Waals surface area contributed by atoms with E-state index in [9.17, 15) is 0 Å². The van der Waals surface area contributed by atoms with E-state index >= 15 is 0 Å². The maximum absolute atomic E-state index is 6.08. The number of unbranched alkanes of at least 4 members (excludes halogenated alkanes) is 1. The molecule has 1 aromatic carbocycles. The normalized spacial score (nSPS) is 12.9. The van der Waals surface area contributed by atoms with Crippen LogP contribution < -0.4 is 5.73 Å². The molecular formula is C12H18BrN. The molecule has 1 atom stereocenters. The van der Waals surface area contributed by atoms with Crippen molar-refractivity contribution in [1.29, 1.82) is 0 Å². The molecule has 0 saturated carbocycles. The van der Waals surface area contributed by atoms with Gasteiger partial charge < -0.3 is 5.73 Å². The van der Waals surface area contributed by atoms with Crippen LogP contribution in [0.2, 0.25) is 0 Å². The zero-order chi connectivity index (χ0) is 10.6. The van der Waals surface area contributed by atoms with Gasteiger partial charge in [0.25, 0.3) is 0 Å². The van der Waals surface area contributed by atoms with Gasteiger partial charge in [0.15, 0.2) is 0 Å². The van der Waals surface area contributed by atoms with Crippen molar-refractivity contribution < 1.29 is 0 Å². The van der Waals surface area contributed by atoms with E-state index in [-0.39, 0.29) is 6.04 Å². The molecule has 1 rings (SSSR count). The molecule has 2 heteroatoms. The molecule has 0 spiro atoms.